The van der Waals surface area contributed by atoms with Crippen LogP contribution in [0.3, 0.4) is 0 Å². The molecule has 5 rings (SSSR count). The lowest BCUT2D eigenvalue weighted by atomic mass is 9.93. The average molecular weight is 599 g/mol. The third-order valence-corrected chi connectivity index (χ3v) is 8.16. The van der Waals surface area contributed by atoms with Gasteiger partial charge in [0, 0.05) is 58.5 Å². The van der Waals surface area contributed by atoms with Crippen LogP contribution in [0.25, 0.3) is 0 Å². The van der Waals surface area contributed by atoms with Crippen LogP contribution in [0.15, 0.2) is 41.3 Å². The number of hydrogen-bond acceptors (Lipinski definition) is 10. The van der Waals surface area contributed by atoms with Gasteiger partial charge in [-0.05, 0) is 55.0 Å². The number of carbonyl (C=O) groups is 1. The van der Waals surface area contributed by atoms with Crippen molar-refractivity contribution in [3.63, 3.8) is 0 Å². The number of methoxy groups -OCH3 is 1. The molecule has 2 aromatic heterocycles. The number of carbonyl (C=O) groups excluding carboxylic acids is 1. The van der Waals surface area contributed by atoms with Crippen LogP contribution < -0.4 is 20.3 Å². The molecule has 226 valence electrons. The fraction of sp³-hybridized carbons (Fsp3) is 0.500. The molecule has 0 spiro atoms. The number of nitrogens with zero attached hydrogens (tertiary/aromatic N) is 4. The summed E-state index contributed by atoms with van der Waals surface area (Å²) in [5, 5.41) is 17.7. The van der Waals surface area contributed by atoms with Crippen LogP contribution in [-0.2, 0) is 24.3 Å². The number of ether oxygens (including phenoxy) is 2. The zero-order valence-corrected chi connectivity index (χ0v) is 24.9. The molecule has 3 N–H and O–H groups in total. The van der Waals surface area contributed by atoms with Crippen LogP contribution >= 0.6 is 11.6 Å². The number of anilines is 2. The maximum absolute atomic E-state index is 13.1. The van der Waals surface area contributed by atoms with Gasteiger partial charge in [0.05, 0.1) is 23.9 Å². The van der Waals surface area contributed by atoms with Crippen molar-refractivity contribution in [3.8, 4) is 5.75 Å². The van der Waals surface area contributed by atoms with E-state index in [-0.39, 0.29) is 19.1 Å². The number of hydrogen-bond donors (Lipinski definition) is 3. The Balaban J connectivity index is 1.14. The summed E-state index contributed by atoms with van der Waals surface area (Å²) in [6.07, 6.45) is 6.39. The second kappa shape index (κ2) is 14.2. The van der Waals surface area contributed by atoms with Gasteiger partial charge in [-0.25, -0.2) is 9.97 Å². The summed E-state index contributed by atoms with van der Waals surface area (Å²) in [5.74, 6) is 2.37. The Morgan fingerprint density at radius 2 is 2.19 bits per heavy atom. The molecule has 3 aromatic rings. The topological polar surface area (TPSA) is 125 Å². The van der Waals surface area contributed by atoms with Crippen molar-refractivity contribution >= 4 is 29.1 Å². The minimum atomic E-state index is -0.728. The molecular weight excluding hydrogens is 560 g/mol. The number of likely N-dealkylation sites (N-methyl/N-ethyl adjacent to an activating group) is 1. The van der Waals surface area contributed by atoms with Crippen LogP contribution in [-0.4, -0.2) is 85.0 Å². The highest BCUT2D eigenvalue weighted by Gasteiger charge is 2.24. The van der Waals surface area contributed by atoms with Gasteiger partial charge in [0.25, 0.3) is 5.91 Å². The largest absolute Gasteiger partial charge is 0.484 e. The second-order valence-corrected chi connectivity index (χ2v) is 11.3. The number of oxazole rings is 1. The normalized spacial score (nSPS) is 15.9. The van der Waals surface area contributed by atoms with Crippen molar-refractivity contribution in [2.75, 3.05) is 57.2 Å². The summed E-state index contributed by atoms with van der Waals surface area (Å²) in [6, 6.07) is 7.82. The molecule has 1 unspecified atom stereocenters. The first-order valence-electron chi connectivity index (χ1n) is 14.4. The van der Waals surface area contributed by atoms with Crippen molar-refractivity contribution in [2.24, 2.45) is 0 Å². The Hall–Kier alpha value is -3.38. The summed E-state index contributed by atoms with van der Waals surface area (Å²) < 4.78 is 16.2. The Labute approximate surface area is 251 Å². The summed E-state index contributed by atoms with van der Waals surface area (Å²) in [7, 11) is 3.59. The molecule has 0 radical (unpaired) electrons. The number of β-amino-alcohol motifs (C(OH)–C–C–N with tert-alkyl or cyclic N) is 1. The number of pyridine rings is 1. The van der Waals surface area contributed by atoms with Gasteiger partial charge in [-0.1, -0.05) is 17.7 Å². The van der Waals surface area contributed by atoms with Crippen molar-refractivity contribution < 1.29 is 23.8 Å². The quantitative estimate of drug-likeness (QED) is 0.254. The van der Waals surface area contributed by atoms with E-state index in [0.29, 0.717) is 66.0 Å². The summed E-state index contributed by atoms with van der Waals surface area (Å²) in [4.78, 5) is 25.9. The highest BCUT2D eigenvalue weighted by molar-refractivity contribution is 6.33. The number of amides is 1. The maximum atomic E-state index is 13.1. The lowest BCUT2D eigenvalue weighted by Crippen LogP contribution is -2.42. The average Bonchev–Trinajstić information content (AvgIpc) is 3.50. The van der Waals surface area contributed by atoms with E-state index in [0.717, 1.165) is 36.9 Å². The van der Waals surface area contributed by atoms with Crippen molar-refractivity contribution in [1.82, 2.24) is 20.2 Å². The number of fused-ring (bicyclic) bond motifs is 1. The Kier molecular flexibility index (Phi) is 10.2. The standard InChI is InChI=1S/C30H39ClN6O5/c1-36(10-11-40-2)28-13-21(12-27(35-28)34-22-4-3-5-22)30(39)33-14-23(38)17-37-9-8-25-20(16-37)6-7-26(29(25)31)41-18-24-15-32-19-42-24/h6-7,12-13,15,19,22-23,38H,3-5,8-11,14,16-18H2,1-2H3,(H,33,39)(H,34,35). The Bertz CT molecular complexity index is 1340. The molecule has 2 aliphatic rings. The van der Waals surface area contributed by atoms with Crippen LogP contribution in [0.1, 0.15) is 46.5 Å². The van der Waals surface area contributed by atoms with Gasteiger partial charge in [-0.2, -0.15) is 0 Å². The highest BCUT2D eigenvalue weighted by atomic mass is 35.5. The minimum absolute atomic E-state index is 0.139. The molecule has 1 aromatic carbocycles. The maximum Gasteiger partial charge on any atom is 0.251 e. The second-order valence-electron chi connectivity index (χ2n) is 10.9. The van der Waals surface area contributed by atoms with E-state index in [9.17, 15) is 9.90 Å². The summed E-state index contributed by atoms with van der Waals surface area (Å²) in [5.41, 5.74) is 2.66. The van der Waals surface area contributed by atoms with E-state index in [4.69, 9.17) is 30.5 Å². The molecule has 1 atom stereocenters. The third-order valence-electron chi connectivity index (χ3n) is 7.75. The van der Waals surface area contributed by atoms with Gasteiger partial charge in [-0.15, -0.1) is 0 Å². The smallest absolute Gasteiger partial charge is 0.251 e. The fourth-order valence-electron chi connectivity index (χ4n) is 5.07. The number of nitrogens with one attached hydrogen (secondary N) is 2. The van der Waals surface area contributed by atoms with E-state index in [1.807, 2.05) is 24.1 Å². The monoisotopic (exact) mass is 598 g/mol. The number of halogens is 1. The minimum Gasteiger partial charge on any atom is -0.484 e. The highest BCUT2D eigenvalue weighted by Crippen LogP contribution is 2.34. The number of aromatic nitrogens is 2. The molecule has 42 heavy (non-hydrogen) atoms. The SMILES string of the molecule is COCCN(C)c1cc(C(=O)NCC(O)CN2CCc3c(ccc(OCc4cnco4)c3Cl)C2)cc(NC2CCC2)n1. The fourth-order valence-corrected chi connectivity index (χ4v) is 5.41. The van der Waals surface area contributed by atoms with Gasteiger partial charge < -0.3 is 34.5 Å². The summed E-state index contributed by atoms with van der Waals surface area (Å²) >= 11 is 6.66. The molecular formula is C30H39ClN6O5. The zero-order valence-electron chi connectivity index (χ0n) is 24.1. The van der Waals surface area contributed by atoms with Crippen LogP contribution in [0.2, 0.25) is 5.02 Å². The number of benzene rings is 1. The Morgan fingerprint density at radius 3 is 2.93 bits per heavy atom. The van der Waals surface area contributed by atoms with E-state index in [2.05, 4.69) is 20.5 Å². The van der Waals surface area contributed by atoms with E-state index >= 15 is 0 Å². The first-order chi connectivity index (χ1) is 20.4. The number of aliphatic hydroxyl groups excluding tert-OH is 1. The number of aliphatic hydroxyl groups is 1. The lowest BCUT2D eigenvalue weighted by Gasteiger charge is -2.31. The first kappa shape index (κ1) is 30.1. The van der Waals surface area contributed by atoms with Gasteiger partial charge in [-0.3, -0.25) is 9.69 Å². The molecule has 12 heteroatoms. The molecule has 1 fully saturated rings. The predicted molar refractivity (Wildman–Crippen MR) is 160 cm³/mol. The molecule has 0 saturated heterocycles. The van der Waals surface area contributed by atoms with E-state index < -0.39 is 6.10 Å². The zero-order chi connectivity index (χ0) is 29.5. The Morgan fingerprint density at radius 1 is 1.33 bits per heavy atom. The van der Waals surface area contributed by atoms with E-state index in [1.165, 1.54) is 12.8 Å². The number of rotatable bonds is 14. The molecule has 1 amide bonds. The van der Waals surface area contributed by atoms with Crippen LogP contribution in [0.5, 0.6) is 5.75 Å². The lowest BCUT2D eigenvalue weighted by molar-refractivity contribution is 0.0841. The predicted octanol–water partition coefficient (Wildman–Crippen LogP) is 3.50. The molecule has 11 nitrogen and oxygen atoms in total. The van der Waals surface area contributed by atoms with Crippen molar-refractivity contribution in [2.45, 2.75) is 51.0 Å². The molecule has 3 heterocycles. The van der Waals surface area contributed by atoms with Gasteiger partial charge >= 0.3 is 0 Å². The molecule has 1 saturated carbocycles. The summed E-state index contributed by atoms with van der Waals surface area (Å²) in [6.45, 7) is 3.42. The van der Waals surface area contributed by atoms with Crippen LogP contribution in [0, 0.1) is 0 Å². The van der Waals surface area contributed by atoms with Crippen molar-refractivity contribution in [1.29, 1.82) is 0 Å². The molecule has 0 bridgehead atoms. The van der Waals surface area contributed by atoms with E-state index in [1.54, 1.807) is 25.4 Å². The van der Waals surface area contributed by atoms with Crippen molar-refractivity contribution in [3.05, 3.63) is 64.3 Å². The molecule has 1 aliphatic heterocycles. The van der Waals surface area contributed by atoms with Crippen LogP contribution in [0.4, 0.5) is 11.6 Å². The molecule has 1 aliphatic carbocycles. The van der Waals surface area contributed by atoms with Gasteiger partial charge in [0.15, 0.2) is 12.2 Å². The third kappa shape index (κ3) is 7.71. The van der Waals surface area contributed by atoms with Gasteiger partial charge in [0.1, 0.15) is 24.0 Å². The van der Waals surface area contributed by atoms with Gasteiger partial charge in [0.2, 0.25) is 0 Å². The first-order valence-corrected chi connectivity index (χ1v) is 14.7.